The molecule has 0 atom stereocenters. The minimum absolute atomic E-state index is 0.296. The van der Waals surface area contributed by atoms with Crippen molar-refractivity contribution in [2.45, 2.75) is 6.04 Å². The lowest BCUT2D eigenvalue weighted by Crippen LogP contribution is -2.56. The van der Waals surface area contributed by atoms with Crippen molar-refractivity contribution in [3.63, 3.8) is 0 Å². The van der Waals surface area contributed by atoms with E-state index in [2.05, 4.69) is 31.9 Å². The minimum Gasteiger partial charge on any atom is -0.353 e. The summed E-state index contributed by atoms with van der Waals surface area (Å²) in [5.41, 5.74) is 5.80. The van der Waals surface area contributed by atoms with E-state index in [0.29, 0.717) is 6.04 Å². The summed E-state index contributed by atoms with van der Waals surface area (Å²) in [6.45, 7) is 1.80. The lowest BCUT2D eigenvalue weighted by atomic mass is 10.1. The maximum atomic E-state index is 5.80. The normalized spacial score (nSPS) is 16.5. The fourth-order valence-corrected chi connectivity index (χ4v) is 2.59. The van der Waals surface area contributed by atoms with Gasteiger partial charge < -0.3 is 10.6 Å². The summed E-state index contributed by atoms with van der Waals surface area (Å²) in [6.07, 6.45) is 1.85. The molecule has 0 aliphatic carbocycles. The average molecular weight is 278 g/mol. The molecule has 1 fully saturated rings. The third-order valence-corrected chi connectivity index (χ3v) is 3.63. The number of anilines is 1. The maximum absolute atomic E-state index is 5.80. The van der Waals surface area contributed by atoms with Gasteiger partial charge in [-0.05, 0) is 12.1 Å². The number of rotatable bonds is 1. The largest absolute Gasteiger partial charge is 0.353 e. The van der Waals surface area contributed by atoms with Crippen molar-refractivity contribution in [2.75, 3.05) is 18.0 Å². The lowest BCUT2D eigenvalue weighted by molar-refractivity contribution is 0.516. The third-order valence-electron chi connectivity index (χ3n) is 2.94. The number of hydrogen-bond donors (Lipinski definition) is 1. The summed E-state index contributed by atoms with van der Waals surface area (Å²) >= 11 is 3.56. The first kappa shape index (κ1) is 10.1. The van der Waals surface area contributed by atoms with E-state index in [-0.39, 0.29) is 0 Å². The lowest BCUT2D eigenvalue weighted by Gasteiger charge is -2.38. The van der Waals surface area contributed by atoms with Crippen LogP contribution in [-0.2, 0) is 0 Å². The Kier molecular flexibility index (Phi) is 2.33. The van der Waals surface area contributed by atoms with E-state index in [4.69, 9.17) is 5.73 Å². The van der Waals surface area contributed by atoms with E-state index in [1.807, 2.05) is 24.4 Å². The predicted molar refractivity (Wildman–Crippen MR) is 69.6 cm³/mol. The molecule has 3 rings (SSSR count). The third kappa shape index (κ3) is 1.49. The minimum atomic E-state index is 0.296. The van der Waals surface area contributed by atoms with E-state index >= 15 is 0 Å². The molecular formula is C12H12BrN3. The van der Waals surface area contributed by atoms with Gasteiger partial charge in [-0.25, -0.2) is 4.98 Å². The van der Waals surface area contributed by atoms with Crippen LogP contribution in [0.2, 0.25) is 0 Å². The van der Waals surface area contributed by atoms with Crippen LogP contribution in [0.25, 0.3) is 10.8 Å². The van der Waals surface area contributed by atoms with E-state index < -0.39 is 0 Å². The van der Waals surface area contributed by atoms with Gasteiger partial charge in [-0.15, -0.1) is 0 Å². The second-order valence-electron chi connectivity index (χ2n) is 4.13. The molecule has 0 unspecified atom stereocenters. The van der Waals surface area contributed by atoms with Gasteiger partial charge in [0.05, 0.1) is 0 Å². The number of hydrogen-bond acceptors (Lipinski definition) is 3. The Morgan fingerprint density at radius 1 is 1.25 bits per heavy atom. The number of fused-ring (bicyclic) bond motifs is 1. The first-order valence-electron chi connectivity index (χ1n) is 5.29. The zero-order valence-electron chi connectivity index (χ0n) is 8.73. The Bertz CT molecular complexity index is 535. The summed E-state index contributed by atoms with van der Waals surface area (Å²) in [5, 5.41) is 2.39. The predicted octanol–water partition coefficient (Wildman–Crippen LogP) is 2.14. The molecule has 0 radical (unpaired) electrons. The average Bonchev–Trinajstić information content (AvgIpc) is 2.25. The zero-order chi connectivity index (χ0) is 11.1. The zero-order valence-corrected chi connectivity index (χ0v) is 10.3. The highest BCUT2D eigenvalue weighted by atomic mass is 79.9. The number of pyridine rings is 1. The van der Waals surface area contributed by atoms with Gasteiger partial charge in [-0.1, -0.05) is 28.1 Å². The quantitative estimate of drug-likeness (QED) is 0.869. The van der Waals surface area contributed by atoms with Crippen molar-refractivity contribution in [3.8, 4) is 0 Å². The molecule has 1 aromatic carbocycles. The van der Waals surface area contributed by atoms with Crippen LogP contribution in [0.4, 0.5) is 5.82 Å². The van der Waals surface area contributed by atoms with Crippen molar-refractivity contribution in [3.05, 3.63) is 34.9 Å². The summed E-state index contributed by atoms with van der Waals surface area (Å²) in [4.78, 5) is 6.68. The van der Waals surface area contributed by atoms with Crippen molar-refractivity contribution < 1.29 is 0 Å². The molecule has 0 bridgehead atoms. The van der Waals surface area contributed by atoms with Gasteiger partial charge in [0.15, 0.2) is 0 Å². The van der Waals surface area contributed by atoms with Gasteiger partial charge in [0.2, 0.25) is 0 Å². The molecular weight excluding hydrogens is 266 g/mol. The Balaban J connectivity index is 2.14. The molecule has 1 saturated heterocycles. The van der Waals surface area contributed by atoms with Crippen LogP contribution >= 0.6 is 15.9 Å². The molecule has 0 spiro atoms. The van der Waals surface area contributed by atoms with Crippen LogP contribution in [0.15, 0.2) is 34.9 Å². The molecule has 1 aliphatic rings. The van der Waals surface area contributed by atoms with Crippen LogP contribution in [-0.4, -0.2) is 24.1 Å². The SMILES string of the molecule is NC1CN(c2nccc3c(Br)cccc23)C1. The Morgan fingerprint density at radius 2 is 2.06 bits per heavy atom. The number of nitrogens with zero attached hydrogens (tertiary/aromatic N) is 2. The molecule has 0 saturated carbocycles. The highest BCUT2D eigenvalue weighted by Gasteiger charge is 2.25. The van der Waals surface area contributed by atoms with Gasteiger partial charge in [-0.2, -0.15) is 0 Å². The van der Waals surface area contributed by atoms with Gasteiger partial charge in [0, 0.05) is 40.6 Å². The Labute approximate surface area is 102 Å². The van der Waals surface area contributed by atoms with Crippen LogP contribution < -0.4 is 10.6 Å². The standard InChI is InChI=1S/C12H12BrN3/c13-11-3-1-2-10-9(11)4-5-15-12(10)16-6-8(14)7-16/h1-5,8H,6-7,14H2. The van der Waals surface area contributed by atoms with Crippen molar-refractivity contribution in [1.82, 2.24) is 4.98 Å². The van der Waals surface area contributed by atoms with Crippen molar-refractivity contribution in [2.24, 2.45) is 5.73 Å². The molecule has 16 heavy (non-hydrogen) atoms. The molecule has 2 heterocycles. The molecule has 1 aliphatic heterocycles. The molecule has 0 amide bonds. The smallest absolute Gasteiger partial charge is 0.136 e. The number of nitrogens with two attached hydrogens (primary N) is 1. The second-order valence-corrected chi connectivity index (χ2v) is 4.99. The number of halogens is 1. The Morgan fingerprint density at radius 3 is 2.81 bits per heavy atom. The van der Waals surface area contributed by atoms with Crippen LogP contribution in [0.5, 0.6) is 0 Å². The van der Waals surface area contributed by atoms with Crippen LogP contribution in [0, 0.1) is 0 Å². The fraction of sp³-hybridized carbons (Fsp3) is 0.250. The summed E-state index contributed by atoms with van der Waals surface area (Å²) in [6, 6.07) is 8.52. The molecule has 82 valence electrons. The summed E-state index contributed by atoms with van der Waals surface area (Å²) in [5.74, 6) is 1.04. The van der Waals surface area contributed by atoms with Gasteiger partial charge in [0.1, 0.15) is 5.82 Å². The monoisotopic (exact) mass is 277 g/mol. The van der Waals surface area contributed by atoms with Gasteiger partial charge >= 0.3 is 0 Å². The molecule has 2 N–H and O–H groups in total. The van der Waals surface area contributed by atoms with Crippen LogP contribution in [0.3, 0.4) is 0 Å². The first-order chi connectivity index (χ1) is 7.75. The maximum Gasteiger partial charge on any atom is 0.136 e. The highest BCUT2D eigenvalue weighted by molar-refractivity contribution is 9.10. The van der Waals surface area contributed by atoms with Gasteiger partial charge in [0.25, 0.3) is 0 Å². The number of aromatic nitrogens is 1. The fourth-order valence-electron chi connectivity index (χ4n) is 2.09. The van der Waals surface area contributed by atoms with Crippen molar-refractivity contribution >= 4 is 32.5 Å². The van der Waals surface area contributed by atoms with E-state index in [9.17, 15) is 0 Å². The summed E-state index contributed by atoms with van der Waals surface area (Å²) in [7, 11) is 0. The van der Waals surface area contributed by atoms with E-state index in [1.165, 1.54) is 10.8 Å². The number of benzene rings is 1. The van der Waals surface area contributed by atoms with E-state index in [0.717, 1.165) is 23.4 Å². The van der Waals surface area contributed by atoms with Crippen LogP contribution in [0.1, 0.15) is 0 Å². The van der Waals surface area contributed by atoms with E-state index in [1.54, 1.807) is 0 Å². The molecule has 3 nitrogen and oxygen atoms in total. The van der Waals surface area contributed by atoms with Gasteiger partial charge in [-0.3, -0.25) is 0 Å². The van der Waals surface area contributed by atoms with Crippen molar-refractivity contribution in [1.29, 1.82) is 0 Å². The summed E-state index contributed by atoms with van der Waals surface area (Å²) < 4.78 is 1.11. The Hall–Kier alpha value is -1.13. The molecule has 4 heteroatoms. The second kappa shape index (κ2) is 3.71. The molecule has 1 aromatic heterocycles. The topological polar surface area (TPSA) is 42.1 Å². The molecule has 2 aromatic rings. The first-order valence-corrected chi connectivity index (χ1v) is 6.09. The highest BCUT2D eigenvalue weighted by Crippen LogP contribution is 2.31.